The van der Waals surface area contributed by atoms with Crippen LogP contribution in [0, 0.1) is 23.1 Å². The van der Waals surface area contributed by atoms with E-state index in [2.05, 4.69) is 45.3 Å². The molecule has 8 heteroatoms. The van der Waals surface area contributed by atoms with Crippen LogP contribution in [0.15, 0.2) is 36.5 Å². The monoisotopic (exact) mass is 488 g/mol. The first kappa shape index (κ1) is 22.2. The molecule has 0 bridgehead atoms. The summed E-state index contributed by atoms with van der Waals surface area (Å²) in [6.07, 6.45) is 3.14. The molecule has 4 saturated heterocycles. The molecule has 3 aromatic rings. The van der Waals surface area contributed by atoms with Gasteiger partial charge in [-0.1, -0.05) is 0 Å². The second-order valence-corrected chi connectivity index (χ2v) is 11.4. The van der Waals surface area contributed by atoms with Gasteiger partial charge >= 0.3 is 0 Å². The molecule has 0 saturated carbocycles. The van der Waals surface area contributed by atoms with Gasteiger partial charge in [0.25, 0.3) is 0 Å². The van der Waals surface area contributed by atoms with Gasteiger partial charge in [0.2, 0.25) is 0 Å². The minimum absolute atomic E-state index is 0.223. The normalized spacial score (nSPS) is 25.1. The summed E-state index contributed by atoms with van der Waals surface area (Å²) in [6.45, 7) is 8.64. The van der Waals surface area contributed by atoms with E-state index in [-0.39, 0.29) is 11.6 Å². The van der Waals surface area contributed by atoms with E-state index in [1.807, 2.05) is 6.20 Å². The predicted octanol–water partition coefficient (Wildman–Crippen LogP) is 3.24. The Morgan fingerprint density at radius 3 is 2.61 bits per heavy atom. The Hall–Kier alpha value is -2.97. The van der Waals surface area contributed by atoms with E-state index in [9.17, 15) is 4.39 Å². The average molecular weight is 489 g/mol. The van der Waals surface area contributed by atoms with Crippen LogP contribution in [0.2, 0.25) is 0 Å². The predicted molar refractivity (Wildman–Crippen MR) is 140 cm³/mol. The Labute approximate surface area is 211 Å². The summed E-state index contributed by atoms with van der Waals surface area (Å²) in [7, 11) is 3.71. The van der Waals surface area contributed by atoms with Crippen LogP contribution >= 0.6 is 0 Å². The number of rotatable bonds is 4. The van der Waals surface area contributed by atoms with Crippen molar-refractivity contribution >= 4 is 22.4 Å². The third-order valence-corrected chi connectivity index (χ3v) is 8.83. The molecule has 188 valence electrons. The van der Waals surface area contributed by atoms with E-state index in [4.69, 9.17) is 14.7 Å². The summed E-state index contributed by atoms with van der Waals surface area (Å²) in [5, 5.41) is 4.23. The fourth-order valence-electron chi connectivity index (χ4n) is 6.67. The summed E-state index contributed by atoms with van der Waals surface area (Å²) in [6, 6.07) is 9.66. The molecule has 0 amide bonds. The number of piperidine rings is 1. The fourth-order valence-corrected chi connectivity index (χ4v) is 6.67. The van der Waals surface area contributed by atoms with E-state index in [0.717, 1.165) is 86.0 Å². The van der Waals surface area contributed by atoms with Crippen molar-refractivity contribution in [3.8, 4) is 17.0 Å². The van der Waals surface area contributed by atoms with Crippen LogP contribution in [0.1, 0.15) is 6.42 Å². The van der Waals surface area contributed by atoms with Crippen LogP contribution in [0.3, 0.4) is 0 Å². The number of anilines is 2. The first-order valence-electron chi connectivity index (χ1n) is 13.0. The molecule has 4 aliphatic rings. The molecule has 1 N–H and O–H groups in total. The van der Waals surface area contributed by atoms with Crippen LogP contribution in [0.25, 0.3) is 22.2 Å². The van der Waals surface area contributed by atoms with E-state index in [0.29, 0.717) is 17.3 Å². The maximum absolute atomic E-state index is 14.8. The molecule has 0 radical (unpaired) electrons. The maximum Gasteiger partial charge on any atom is 0.165 e. The van der Waals surface area contributed by atoms with Crippen molar-refractivity contribution in [2.45, 2.75) is 6.42 Å². The van der Waals surface area contributed by atoms with E-state index < -0.39 is 0 Å². The van der Waals surface area contributed by atoms with Crippen molar-refractivity contribution in [3.63, 3.8) is 0 Å². The molecule has 2 atom stereocenters. The zero-order valence-corrected chi connectivity index (χ0v) is 21.0. The van der Waals surface area contributed by atoms with Crippen molar-refractivity contribution in [1.82, 2.24) is 20.2 Å². The van der Waals surface area contributed by atoms with Gasteiger partial charge in [-0.3, -0.25) is 0 Å². The largest absolute Gasteiger partial charge is 0.494 e. The summed E-state index contributed by atoms with van der Waals surface area (Å²) < 4.78 is 20.1. The van der Waals surface area contributed by atoms with Gasteiger partial charge in [0, 0.05) is 80.1 Å². The molecule has 6 heterocycles. The van der Waals surface area contributed by atoms with Crippen molar-refractivity contribution in [3.05, 3.63) is 42.3 Å². The van der Waals surface area contributed by atoms with Crippen LogP contribution in [0.4, 0.5) is 15.9 Å². The molecule has 1 aromatic carbocycles. The maximum atomic E-state index is 14.8. The topological polar surface area (TPSA) is 56.8 Å². The highest BCUT2D eigenvalue weighted by Gasteiger charge is 2.47. The number of pyridine rings is 2. The molecule has 4 fully saturated rings. The molecule has 0 aliphatic carbocycles. The molecular formula is C28H33FN6O. The van der Waals surface area contributed by atoms with Gasteiger partial charge < -0.3 is 24.8 Å². The van der Waals surface area contributed by atoms with Crippen molar-refractivity contribution in [2.24, 2.45) is 17.3 Å². The molecule has 36 heavy (non-hydrogen) atoms. The smallest absolute Gasteiger partial charge is 0.165 e. The fraction of sp³-hybridized carbons (Fsp3) is 0.500. The Kier molecular flexibility index (Phi) is 5.12. The lowest BCUT2D eigenvalue weighted by Crippen LogP contribution is -2.71. The number of aromatic nitrogens is 2. The number of hydrogen-bond acceptors (Lipinski definition) is 7. The van der Waals surface area contributed by atoms with Gasteiger partial charge in [-0.15, -0.1) is 0 Å². The Morgan fingerprint density at radius 1 is 1.06 bits per heavy atom. The van der Waals surface area contributed by atoms with Gasteiger partial charge in [0.05, 0.1) is 18.3 Å². The summed E-state index contributed by atoms with van der Waals surface area (Å²) in [5.41, 5.74) is 4.10. The number of fused-ring (bicyclic) bond motifs is 2. The molecule has 7 nitrogen and oxygen atoms in total. The van der Waals surface area contributed by atoms with Gasteiger partial charge in [-0.05, 0) is 56.1 Å². The highest BCUT2D eigenvalue weighted by atomic mass is 19.1. The summed E-state index contributed by atoms with van der Waals surface area (Å²) in [4.78, 5) is 17.0. The molecule has 2 aromatic heterocycles. The third kappa shape index (κ3) is 3.61. The highest BCUT2D eigenvalue weighted by Crippen LogP contribution is 2.40. The number of nitrogens with zero attached hydrogens (tertiary/aromatic N) is 5. The molecule has 1 spiro atoms. The highest BCUT2D eigenvalue weighted by molar-refractivity contribution is 5.95. The molecule has 4 aliphatic heterocycles. The number of methoxy groups -OCH3 is 1. The second-order valence-electron chi connectivity index (χ2n) is 11.4. The molecule has 7 rings (SSSR count). The van der Waals surface area contributed by atoms with Gasteiger partial charge in [-0.25, -0.2) is 14.4 Å². The van der Waals surface area contributed by atoms with E-state index in [1.54, 1.807) is 12.1 Å². The lowest BCUT2D eigenvalue weighted by Gasteiger charge is -2.56. The Balaban J connectivity index is 1.24. The zero-order valence-electron chi connectivity index (χ0n) is 21.0. The van der Waals surface area contributed by atoms with Crippen LogP contribution in [-0.4, -0.2) is 81.4 Å². The van der Waals surface area contributed by atoms with Crippen molar-refractivity contribution < 1.29 is 9.13 Å². The first-order chi connectivity index (χ1) is 17.5. The lowest BCUT2D eigenvalue weighted by atomic mass is 9.74. The molecule has 2 unspecified atom stereocenters. The number of ether oxygens (including phenoxy) is 1. The van der Waals surface area contributed by atoms with Gasteiger partial charge in [0.1, 0.15) is 5.82 Å². The van der Waals surface area contributed by atoms with E-state index in [1.165, 1.54) is 13.5 Å². The quantitative estimate of drug-likeness (QED) is 0.605. The van der Waals surface area contributed by atoms with E-state index >= 15 is 0 Å². The molecular weight excluding hydrogens is 455 g/mol. The van der Waals surface area contributed by atoms with Crippen LogP contribution in [0.5, 0.6) is 5.75 Å². The lowest BCUT2D eigenvalue weighted by molar-refractivity contribution is 0.120. The summed E-state index contributed by atoms with van der Waals surface area (Å²) >= 11 is 0. The standard InChI is InChI=1S/C28H33FN6O/c1-33-6-5-19-12-34(13-20(19)11-33)25-8-23(32-24-9-26(36-2)22(29)7-21(24)25)18-3-4-27(31-10-18)35-16-28(17-35)14-30-15-28/h3-4,7-10,19-20,30H,5-6,11-17H2,1-2H3. The first-order valence-corrected chi connectivity index (χ1v) is 13.0. The van der Waals surface area contributed by atoms with Crippen LogP contribution in [-0.2, 0) is 0 Å². The SMILES string of the molecule is COc1cc2nc(-c3ccc(N4CC5(CNC5)C4)nc3)cc(N3CC4CCN(C)CC4C3)c2cc1F. The van der Waals surface area contributed by atoms with Gasteiger partial charge in [-0.2, -0.15) is 0 Å². The zero-order chi connectivity index (χ0) is 24.4. The van der Waals surface area contributed by atoms with Crippen molar-refractivity contribution in [1.29, 1.82) is 0 Å². The van der Waals surface area contributed by atoms with Crippen LogP contribution < -0.4 is 19.9 Å². The number of nitrogens with one attached hydrogen (secondary N) is 1. The minimum atomic E-state index is -0.350. The number of benzene rings is 1. The Bertz CT molecular complexity index is 1300. The number of halogens is 1. The van der Waals surface area contributed by atoms with Crippen molar-refractivity contribution in [2.75, 3.05) is 76.3 Å². The third-order valence-electron chi connectivity index (χ3n) is 8.83. The second kappa shape index (κ2) is 8.28. The Morgan fingerprint density at radius 2 is 1.89 bits per heavy atom. The summed E-state index contributed by atoms with van der Waals surface area (Å²) in [5.74, 6) is 2.22. The number of likely N-dealkylation sites (tertiary alicyclic amines) is 1. The van der Waals surface area contributed by atoms with Gasteiger partial charge in [0.15, 0.2) is 11.6 Å². The average Bonchev–Trinajstić information content (AvgIpc) is 3.25. The number of hydrogen-bond donors (Lipinski definition) is 1. The minimum Gasteiger partial charge on any atom is -0.494 e.